The van der Waals surface area contributed by atoms with E-state index in [-0.39, 0.29) is 0 Å². The monoisotopic (exact) mass is 218 g/mol. The first-order chi connectivity index (χ1) is 6.11. The summed E-state index contributed by atoms with van der Waals surface area (Å²) in [6.45, 7) is 8.25. The number of benzene rings is 1. The molecular weight excluding hydrogens is 203 g/mol. The molecule has 1 aromatic rings. The summed E-state index contributed by atoms with van der Waals surface area (Å²) in [5.74, 6) is 0.504. The highest BCUT2D eigenvalue weighted by atomic mass is 35.5. The van der Waals surface area contributed by atoms with E-state index in [9.17, 15) is 0 Å². The summed E-state index contributed by atoms with van der Waals surface area (Å²) in [7, 11) is 0. The Labute approximate surface area is 90.9 Å². The molecule has 0 radical (unpaired) electrons. The van der Waals surface area contributed by atoms with Crippen molar-refractivity contribution in [3.63, 3.8) is 0 Å². The lowest BCUT2D eigenvalue weighted by atomic mass is 10.0. The zero-order valence-electron chi connectivity index (χ0n) is 8.57. The van der Waals surface area contributed by atoms with Gasteiger partial charge in [0, 0.05) is 0 Å². The van der Waals surface area contributed by atoms with Gasteiger partial charge in [0.1, 0.15) is 0 Å². The molecule has 0 fully saturated rings. The fourth-order valence-corrected chi connectivity index (χ4v) is 1.18. The van der Waals surface area contributed by atoms with Gasteiger partial charge in [0.25, 0.3) is 0 Å². The van der Waals surface area contributed by atoms with Gasteiger partial charge < -0.3 is 0 Å². The van der Waals surface area contributed by atoms with Crippen molar-refractivity contribution in [1.29, 1.82) is 0 Å². The Morgan fingerprint density at radius 2 is 1.54 bits per heavy atom. The van der Waals surface area contributed by atoms with Crippen LogP contribution in [0.3, 0.4) is 0 Å². The fraction of sp³-hybridized carbons (Fsp3) is 0.455. The maximum Gasteiger partial charge on any atom is 0.0595 e. The van der Waals surface area contributed by atoms with Crippen molar-refractivity contribution in [2.75, 3.05) is 0 Å². The average molecular weight is 219 g/mol. The topological polar surface area (TPSA) is 0 Å². The van der Waals surface area contributed by atoms with Crippen LogP contribution in [0.4, 0.5) is 0 Å². The molecule has 0 N–H and O–H groups in total. The first-order valence-corrected chi connectivity index (χ1v) is 5.32. The third-order valence-electron chi connectivity index (χ3n) is 1.61. The molecule has 1 aromatic carbocycles. The Morgan fingerprint density at radius 3 is 1.92 bits per heavy atom. The standard InChI is InChI=1S/C9H10Cl2.C2H6/c1-6(2)7-3-4-8(10)9(11)5-7;1-2/h3-6H,1-2H3;1-2H3. The Bertz CT molecular complexity index is 254. The molecule has 0 unspecified atom stereocenters. The maximum atomic E-state index is 5.83. The van der Waals surface area contributed by atoms with Crippen molar-refractivity contribution in [2.45, 2.75) is 33.6 Å². The number of hydrogen-bond acceptors (Lipinski definition) is 0. The van der Waals surface area contributed by atoms with E-state index in [0.29, 0.717) is 16.0 Å². The predicted octanol–water partition coefficient (Wildman–Crippen LogP) is 5.14. The lowest BCUT2D eigenvalue weighted by molar-refractivity contribution is 0.867. The predicted molar refractivity (Wildman–Crippen MR) is 61.9 cm³/mol. The van der Waals surface area contributed by atoms with Crippen LogP contribution in [0.5, 0.6) is 0 Å². The van der Waals surface area contributed by atoms with Gasteiger partial charge in [-0.3, -0.25) is 0 Å². The molecule has 13 heavy (non-hydrogen) atoms. The highest BCUT2D eigenvalue weighted by Gasteiger charge is 2.01. The second kappa shape index (κ2) is 6.28. The highest BCUT2D eigenvalue weighted by molar-refractivity contribution is 6.42. The first-order valence-electron chi connectivity index (χ1n) is 4.56. The minimum absolute atomic E-state index is 0.504. The average Bonchev–Trinajstić information content (AvgIpc) is 2.13. The summed E-state index contributed by atoms with van der Waals surface area (Å²) < 4.78 is 0. The van der Waals surface area contributed by atoms with E-state index in [1.807, 2.05) is 32.0 Å². The zero-order valence-corrected chi connectivity index (χ0v) is 10.1. The molecule has 74 valence electrons. The Balaban J connectivity index is 0.000000671. The molecule has 0 saturated carbocycles. The molecule has 0 bridgehead atoms. The normalized spacial score (nSPS) is 9.46. The molecule has 0 amide bonds. The van der Waals surface area contributed by atoms with Gasteiger partial charge in [-0.15, -0.1) is 0 Å². The van der Waals surface area contributed by atoms with Gasteiger partial charge in [-0.25, -0.2) is 0 Å². The van der Waals surface area contributed by atoms with Crippen LogP contribution in [0.25, 0.3) is 0 Å². The van der Waals surface area contributed by atoms with Crippen LogP contribution >= 0.6 is 23.2 Å². The Morgan fingerprint density at radius 1 is 1.00 bits per heavy atom. The van der Waals surface area contributed by atoms with E-state index < -0.39 is 0 Å². The summed E-state index contributed by atoms with van der Waals surface area (Å²) in [4.78, 5) is 0. The van der Waals surface area contributed by atoms with Crippen molar-refractivity contribution in [3.8, 4) is 0 Å². The second-order valence-electron chi connectivity index (χ2n) is 2.83. The van der Waals surface area contributed by atoms with Gasteiger partial charge in [0.05, 0.1) is 10.0 Å². The molecule has 0 atom stereocenters. The molecule has 0 aliphatic rings. The summed E-state index contributed by atoms with van der Waals surface area (Å²) in [6, 6.07) is 5.74. The lowest BCUT2D eigenvalue weighted by Gasteiger charge is -2.05. The molecule has 0 heterocycles. The van der Waals surface area contributed by atoms with E-state index in [1.165, 1.54) is 5.56 Å². The van der Waals surface area contributed by atoms with Crippen molar-refractivity contribution in [2.24, 2.45) is 0 Å². The summed E-state index contributed by atoms with van der Waals surface area (Å²) in [5, 5.41) is 1.26. The van der Waals surface area contributed by atoms with Gasteiger partial charge in [0.2, 0.25) is 0 Å². The van der Waals surface area contributed by atoms with Crippen LogP contribution in [-0.4, -0.2) is 0 Å². The van der Waals surface area contributed by atoms with Crippen LogP contribution in [0, 0.1) is 0 Å². The highest BCUT2D eigenvalue weighted by Crippen LogP contribution is 2.25. The van der Waals surface area contributed by atoms with Gasteiger partial charge >= 0.3 is 0 Å². The molecule has 0 aliphatic heterocycles. The first kappa shape index (κ1) is 12.8. The zero-order chi connectivity index (χ0) is 10.4. The van der Waals surface area contributed by atoms with E-state index >= 15 is 0 Å². The lowest BCUT2D eigenvalue weighted by Crippen LogP contribution is -1.85. The molecule has 0 aromatic heterocycles. The van der Waals surface area contributed by atoms with Gasteiger partial charge in [0.15, 0.2) is 0 Å². The number of halogens is 2. The molecule has 0 spiro atoms. The van der Waals surface area contributed by atoms with Gasteiger partial charge in [-0.2, -0.15) is 0 Å². The Hall–Kier alpha value is -0.200. The maximum absolute atomic E-state index is 5.83. The van der Waals surface area contributed by atoms with Crippen molar-refractivity contribution < 1.29 is 0 Å². The molecule has 2 heteroatoms. The third-order valence-corrected chi connectivity index (χ3v) is 2.35. The van der Waals surface area contributed by atoms with Crippen LogP contribution < -0.4 is 0 Å². The van der Waals surface area contributed by atoms with Crippen molar-refractivity contribution >= 4 is 23.2 Å². The van der Waals surface area contributed by atoms with Crippen LogP contribution in [0.15, 0.2) is 18.2 Å². The molecule has 0 nitrogen and oxygen atoms in total. The minimum atomic E-state index is 0.504. The summed E-state index contributed by atoms with van der Waals surface area (Å²) in [6.07, 6.45) is 0. The van der Waals surface area contributed by atoms with E-state index in [1.54, 1.807) is 0 Å². The Kier molecular flexibility index (Phi) is 6.19. The molecule has 0 saturated heterocycles. The summed E-state index contributed by atoms with van der Waals surface area (Å²) >= 11 is 11.6. The molecule has 1 rings (SSSR count). The van der Waals surface area contributed by atoms with E-state index in [4.69, 9.17) is 23.2 Å². The smallest absolute Gasteiger partial charge is 0.0595 e. The molecule has 0 aliphatic carbocycles. The quantitative estimate of drug-likeness (QED) is 0.613. The van der Waals surface area contributed by atoms with Gasteiger partial charge in [-0.1, -0.05) is 57.0 Å². The second-order valence-corrected chi connectivity index (χ2v) is 3.64. The number of rotatable bonds is 1. The molecular formula is C11H16Cl2. The minimum Gasteiger partial charge on any atom is -0.0827 e. The summed E-state index contributed by atoms with van der Waals surface area (Å²) in [5.41, 5.74) is 1.22. The fourth-order valence-electron chi connectivity index (χ4n) is 0.871. The van der Waals surface area contributed by atoms with Gasteiger partial charge in [-0.05, 0) is 23.6 Å². The van der Waals surface area contributed by atoms with Crippen LogP contribution in [0.2, 0.25) is 10.0 Å². The number of hydrogen-bond donors (Lipinski definition) is 0. The SMILES string of the molecule is CC.CC(C)c1ccc(Cl)c(Cl)c1. The van der Waals surface area contributed by atoms with E-state index in [0.717, 1.165) is 0 Å². The van der Waals surface area contributed by atoms with Crippen molar-refractivity contribution in [3.05, 3.63) is 33.8 Å². The van der Waals surface area contributed by atoms with E-state index in [2.05, 4.69) is 13.8 Å². The van der Waals surface area contributed by atoms with Crippen LogP contribution in [0.1, 0.15) is 39.2 Å². The largest absolute Gasteiger partial charge is 0.0827 e. The van der Waals surface area contributed by atoms with Crippen LogP contribution in [-0.2, 0) is 0 Å². The van der Waals surface area contributed by atoms with Crippen molar-refractivity contribution in [1.82, 2.24) is 0 Å². The third kappa shape index (κ3) is 4.02.